The van der Waals surface area contributed by atoms with Gasteiger partial charge in [-0.05, 0) is 31.3 Å². The summed E-state index contributed by atoms with van der Waals surface area (Å²) < 4.78 is 0. The molecule has 1 aromatic heterocycles. The van der Waals surface area contributed by atoms with Crippen molar-refractivity contribution in [2.45, 2.75) is 10.9 Å². The fourth-order valence-corrected chi connectivity index (χ4v) is 2.67. The molecular weight excluding hydrogens is 266 g/mol. The van der Waals surface area contributed by atoms with Crippen LogP contribution in [0, 0.1) is 0 Å². The highest BCUT2D eigenvalue weighted by Crippen LogP contribution is 2.24. The van der Waals surface area contributed by atoms with Crippen LogP contribution in [0.3, 0.4) is 0 Å². The Kier molecular flexibility index (Phi) is 4.99. The monoisotopic (exact) mass is 279 g/mol. The predicted molar refractivity (Wildman–Crippen MR) is 76.0 cm³/mol. The lowest BCUT2D eigenvalue weighted by Gasteiger charge is -2.14. The van der Waals surface area contributed by atoms with Crippen molar-refractivity contribution < 1.29 is 0 Å². The second kappa shape index (κ2) is 6.73. The second-order valence-electron chi connectivity index (χ2n) is 3.74. The molecule has 0 radical (unpaired) electrons. The maximum absolute atomic E-state index is 5.86. The summed E-state index contributed by atoms with van der Waals surface area (Å²) in [5.74, 6) is 0.900. The Morgan fingerprint density at radius 1 is 1.28 bits per heavy atom. The van der Waals surface area contributed by atoms with Gasteiger partial charge in [-0.15, -0.1) is 11.8 Å². The van der Waals surface area contributed by atoms with Gasteiger partial charge >= 0.3 is 0 Å². The van der Waals surface area contributed by atoms with E-state index in [0.29, 0.717) is 0 Å². The number of benzene rings is 1. The fourth-order valence-electron chi connectivity index (χ4n) is 1.52. The van der Waals surface area contributed by atoms with Gasteiger partial charge in [0.25, 0.3) is 0 Å². The van der Waals surface area contributed by atoms with Crippen LogP contribution in [-0.2, 0) is 0 Å². The van der Waals surface area contributed by atoms with Crippen LogP contribution in [-0.4, -0.2) is 22.8 Å². The molecule has 1 aromatic carbocycles. The summed E-state index contributed by atoms with van der Waals surface area (Å²) in [5, 5.41) is 4.01. The van der Waals surface area contributed by atoms with E-state index in [4.69, 9.17) is 11.6 Å². The van der Waals surface area contributed by atoms with Crippen molar-refractivity contribution >= 4 is 23.4 Å². The second-order valence-corrected chi connectivity index (χ2v) is 5.27. The van der Waals surface area contributed by atoms with Crippen molar-refractivity contribution in [2.24, 2.45) is 0 Å². The van der Waals surface area contributed by atoms with Crippen molar-refractivity contribution in [3.63, 3.8) is 0 Å². The zero-order valence-electron chi connectivity index (χ0n) is 10.0. The van der Waals surface area contributed by atoms with Crippen LogP contribution in [0.5, 0.6) is 0 Å². The standard InChI is InChI=1S/C13H14ClN3S/c1-15-13(12-8-16-6-7-17-12)9-18-11-4-2-10(14)3-5-11/h2-8,13,15H,9H2,1H3. The Morgan fingerprint density at radius 3 is 2.67 bits per heavy atom. The van der Waals surface area contributed by atoms with E-state index < -0.39 is 0 Å². The molecule has 1 unspecified atom stereocenters. The van der Waals surface area contributed by atoms with Crippen molar-refractivity contribution in [2.75, 3.05) is 12.8 Å². The van der Waals surface area contributed by atoms with Gasteiger partial charge in [-0.1, -0.05) is 11.6 Å². The quantitative estimate of drug-likeness (QED) is 0.853. The van der Waals surface area contributed by atoms with Crippen LogP contribution in [0.4, 0.5) is 0 Å². The van der Waals surface area contributed by atoms with E-state index in [-0.39, 0.29) is 6.04 Å². The first-order valence-corrected chi connectivity index (χ1v) is 6.97. The Bertz CT molecular complexity index is 475. The molecular formula is C13H14ClN3S. The van der Waals surface area contributed by atoms with Crippen molar-refractivity contribution in [3.8, 4) is 0 Å². The average molecular weight is 280 g/mol. The van der Waals surface area contributed by atoms with Gasteiger partial charge < -0.3 is 5.32 Å². The first-order chi connectivity index (χ1) is 8.79. The number of hydrogen-bond donors (Lipinski definition) is 1. The minimum absolute atomic E-state index is 0.194. The Balaban J connectivity index is 1.97. The molecule has 0 bridgehead atoms. The molecule has 0 aliphatic heterocycles. The number of nitrogens with one attached hydrogen (secondary N) is 1. The van der Waals surface area contributed by atoms with Crippen LogP contribution in [0.2, 0.25) is 5.02 Å². The van der Waals surface area contributed by atoms with Gasteiger partial charge in [-0.2, -0.15) is 0 Å². The fraction of sp³-hybridized carbons (Fsp3) is 0.231. The van der Waals surface area contributed by atoms with Gasteiger partial charge in [0, 0.05) is 34.3 Å². The molecule has 0 spiro atoms. The molecule has 2 aromatic rings. The summed E-state index contributed by atoms with van der Waals surface area (Å²) in [7, 11) is 1.93. The highest BCUT2D eigenvalue weighted by atomic mass is 35.5. The van der Waals surface area contributed by atoms with E-state index in [1.54, 1.807) is 30.4 Å². The third kappa shape index (κ3) is 3.70. The average Bonchev–Trinajstić information content (AvgIpc) is 2.43. The topological polar surface area (TPSA) is 37.8 Å². The molecule has 94 valence electrons. The van der Waals surface area contributed by atoms with Crippen LogP contribution < -0.4 is 5.32 Å². The summed E-state index contributed by atoms with van der Waals surface area (Å²) in [5.41, 5.74) is 0.960. The van der Waals surface area contributed by atoms with E-state index in [1.165, 1.54) is 4.90 Å². The number of halogens is 1. The number of hydrogen-bond acceptors (Lipinski definition) is 4. The third-order valence-electron chi connectivity index (χ3n) is 2.52. The van der Waals surface area contributed by atoms with Crippen molar-refractivity contribution in [3.05, 3.63) is 53.6 Å². The van der Waals surface area contributed by atoms with Gasteiger partial charge in [0.2, 0.25) is 0 Å². The first kappa shape index (κ1) is 13.3. The maximum Gasteiger partial charge on any atom is 0.0764 e. The van der Waals surface area contributed by atoms with E-state index >= 15 is 0 Å². The van der Waals surface area contributed by atoms with Crippen molar-refractivity contribution in [1.82, 2.24) is 15.3 Å². The first-order valence-electron chi connectivity index (χ1n) is 5.61. The Labute approximate surface area is 116 Å². The lowest BCUT2D eigenvalue weighted by molar-refractivity contribution is 0.638. The van der Waals surface area contributed by atoms with Crippen molar-refractivity contribution in [1.29, 1.82) is 0 Å². The molecule has 18 heavy (non-hydrogen) atoms. The zero-order chi connectivity index (χ0) is 12.8. The van der Waals surface area contributed by atoms with Crippen LogP contribution in [0.15, 0.2) is 47.8 Å². The minimum atomic E-state index is 0.194. The smallest absolute Gasteiger partial charge is 0.0764 e. The summed E-state index contributed by atoms with van der Waals surface area (Å²) in [6.45, 7) is 0. The number of thioether (sulfide) groups is 1. The summed E-state index contributed by atoms with van der Waals surface area (Å²) in [6, 6.07) is 8.05. The normalized spacial score (nSPS) is 12.3. The summed E-state index contributed by atoms with van der Waals surface area (Å²) >= 11 is 7.63. The van der Waals surface area contributed by atoms with Gasteiger partial charge in [0.1, 0.15) is 0 Å². The largest absolute Gasteiger partial charge is 0.311 e. The molecule has 0 fully saturated rings. The molecule has 0 aliphatic rings. The molecule has 3 nitrogen and oxygen atoms in total. The minimum Gasteiger partial charge on any atom is -0.311 e. The summed E-state index contributed by atoms with van der Waals surface area (Å²) in [4.78, 5) is 9.61. The van der Waals surface area contributed by atoms with E-state index in [0.717, 1.165) is 16.5 Å². The molecule has 1 heterocycles. The molecule has 1 atom stereocenters. The molecule has 0 amide bonds. The molecule has 5 heteroatoms. The number of aromatic nitrogens is 2. The van der Waals surface area contributed by atoms with Gasteiger partial charge in [0.15, 0.2) is 0 Å². The van der Waals surface area contributed by atoms with Gasteiger partial charge in [-0.25, -0.2) is 0 Å². The van der Waals surface area contributed by atoms with E-state index in [9.17, 15) is 0 Å². The van der Waals surface area contributed by atoms with Gasteiger partial charge in [0.05, 0.1) is 11.7 Å². The van der Waals surface area contributed by atoms with Gasteiger partial charge in [-0.3, -0.25) is 9.97 Å². The summed E-state index contributed by atoms with van der Waals surface area (Å²) in [6.07, 6.45) is 5.19. The van der Waals surface area contributed by atoms with Crippen LogP contribution in [0.25, 0.3) is 0 Å². The predicted octanol–water partition coefficient (Wildman–Crippen LogP) is 3.18. The third-order valence-corrected chi connectivity index (χ3v) is 3.88. The highest BCUT2D eigenvalue weighted by Gasteiger charge is 2.10. The molecule has 0 saturated carbocycles. The molecule has 1 N–H and O–H groups in total. The molecule has 2 rings (SSSR count). The van der Waals surface area contributed by atoms with E-state index in [1.807, 2.05) is 31.3 Å². The number of rotatable bonds is 5. The SMILES string of the molecule is CNC(CSc1ccc(Cl)cc1)c1cnccn1. The van der Waals surface area contributed by atoms with Crippen LogP contribution in [0.1, 0.15) is 11.7 Å². The molecule has 0 aliphatic carbocycles. The lowest BCUT2D eigenvalue weighted by atomic mass is 10.2. The number of nitrogens with zero attached hydrogens (tertiary/aromatic N) is 2. The zero-order valence-corrected chi connectivity index (χ0v) is 11.6. The Hall–Kier alpha value is -1.10. The van der Waals surface area contributed by atoms with Crippen LogP contribution >= 0.6 is 23.4 Å². The maximum atomic E-state index is 5.86. The lowest BCUT2D eigenvalue weighted by Crippen LogP contribution is -2.20. The highest BCUT2D eigenvalue weighted by molar-refractivity contribution is 7.99. The van der Waals surface area contributed by atoms with E-state index in [2.05, 4.69) is 15.3 Å². The Morgan fingerprint density at radius 2 is 2.06 bits per heavy atom. The molecule has 0 saturated heterocycles.